The second-order valence-electron chi connectivity index (χ2n) is 7.19. The van der Waals surface area contributed by atoms with Crippen LogP contribution in [0.3, 0.4) is 0 Å². The number of carbonyl (C=O) groups excluding carboxylic acids is 1. The van der Waals surface area contributed by atoms with Gasteiger partial charge in [0.05, 0.1) is 13.2 Å². The van der Waals surface area contributed by atoms with Crippen LogP contribution in [0.25, 0.3) is 0 Å². The Morgan fingerprint density at radius 1 is 1.03 bits per heavy atom. The van der Waals surface area contributed by atoms with Crippen LogP contribution in [0.2, 0.25) is 0 Å². The minimum Gasteiger partial charge on any atom is -0.494 e. The van der Waals surface area contributed by atoms with Crippen molar-refractivity contribution in [1.82, 2.24) is 5.32 Å². The van der Waals surface area contributed by atoms with Crippen molar-refractivity contribution in [2.24, 2.45) is 5.92 Å². The quantitative estimate of drug-likeness (QED) is 0.402. The summed E-state index contributed by atoms with van der Waals surface area (Å²) < 4.78 is 11.4. The number of hydrogen-bond donors (Lipinski definition) is 2. The number of carbonyl (C=O) groups is 1. The maximum Gasteiger partial charge on any atom is 0.257 e. The molecule has 0 heterocycles. The summed E-state index contributed by atoms with van der Waals surface area (Å²) in [5.41, 5.74) is 1.28. The highest BCUT2D eigenvalue weighted by atomic mass is 32.1. The van der Waals surface area contributed by atoms with Gasteiger partial charge in [-0.25, -0.2) is 0 Å². The van der Waals surface area contributed by atoms with Crippen LogP contribution in [-0.4, -0.2) is 24.2 Å². The van der Waals surface area contributed by atoms with E-state index in [1.54, 1.807) is 18.2 Å². The van der Waals surface area contributed by atoms with Crippen LogP contribution in [0.15, 0.2) is 48.5 Å². The number of benzene rings is 2. The van der Waals surface area contributed by atoms with Crippen LogP contribution in [-0.2, 0) is 0 Å². The van der Waals surface area contributed by atoms with Gasteiger partial charge in [0.2, 0.25) is 0 Å². The Bertz CT molecular complexity index is 791. The van der Waals surface area contributed by atoms with Crippen molar-refractivity contribution < 1.29 is 14.3 Å². The molecule has 0 saturated heterocycles. The molecule has 0 aliphatic carbocycles. The lowest BCUT2D eigenvalue weighted by atomic mass is 10.1. The molecule has 0 spiro atoms. The molecule has 0 bridgehead atoms. The lowest BCUT2D eigenvalue weighted by Crippen LogP contribution is -2.34. The average molecular weight is 415 g/mol. The monoisotopic (exact) mass is 414 g/mol. The van der Waals surface area contributed by atoms with E-state index in [4.69, 9.17) is 21.7 Å². The third kappa shape index (κ3) is 8.52. The number of amides is 1. The molecule has 0 aliphatic rings. The van der Waals surface area contributed by atoms with Crippen molar-refractivity contribution in [2.45, 2.75) is 40.0 Å². The first-order chi connectivity index (χ1) is 14.0. The molecule has 2 N–H and O–H groups in total. The molecule has 6 heteroatoms. The van der Waals surface area contributed by atoms with Gasteiger partial charge >= 0.3 is 0 Å². The Balaban J connectivity index is 1.84. The third-order valence-electron chi connectivity index (χ3n) is 4.17. The van der Waals surface area contributed by atoms with E-state index in [0.29, 0.717) is 30.4 Å². The van der Waals surface area contributed by atoms with Gasteiger partial charge in [0.1, 0.15) is 11.5 Å². The highest BCUT2D eigenvalue weighted by Crippen LogP contribution is 2.17. The van der Waals surface area contributed by atoms with E-state index in [1.807, 2.05) is 30.3 Å². The fourth-order valence-corrected chi connectivity index (χ4v) is 2.66. The second-order valence-corrected chi connectivity index (χ2v) is 7.60. The standard InChI is InChI=1S/C23H30N2O3S/c1-4-5-14-27-20-11-9-19(10-12-20)24-23(29)25-22(26)18-7-6-8-21(16-18)28-15-13-17(2)3/h6-12,16-17H,4-5,13-15H2,1-3H3,(H2,24,25,26,29). The summed E-state index contributed by atoms with van der Waals surface area (Å²) in [5.74, 6) is 1.78. The number of thiocarbonyl (C=S) groups is 1. The zero-order valence-corrected chi connectivity index (χ0v) is 18.2. The van der Waals surface area contributed by atoms with E-state index in [2.05, 4.69) is 31.4 Å². The number of hydrogen-bond acceptors (Lipinski definition) is 4. The fourth-order valence-electron chi connectivity index (χ4n) is 2.45. The number of unbranched alkanes of at least 4 members (excludes halogenated alkanes) is 1. The van der Waals surface area contributed by atoms with Gasteiger partial charge in [-0.3, -0.25) is 10.1 Å². The van der Waals surface area contributed by atoms with Crippen LogP contribution in [0.1, 0.15) is 50.4 Å². The molecule has 156 valence electrons. The minimum absolute atomic E-state index is 0.237. The summed E-state index contributed by atoms with van der Waals surface area (Å²) in [6.07, 6.45) is 3.09. The summed E-state index contributed by atoms with van der Waals surface area (Å²) in [4.78, 5) is 12.5. The summed E-state index contributed by atoms with van der Waals surface area (Å²) in [5, 5.41) is 5.95. The van der Waals surface area contributed by atoms with Crippen molar-refractivity contribution in [2.75, 3.05) is 18.5 Å². The van der Waals surface area contributed by atoms with E-state index >= 15 is 0 Å². The van der Waals surface area contributed by atoms with Gasteiger partial charge in [0, 0.05) is 11.3 Å². The zero-order chi connectivity index (χ0) is 21.1. The molecule has 5 nitrogen and oxygen atoms in total. The molecular formula is C23H30N2O3S. The molecule has 0 aromatic heterocycles. The van der Waals surface area contributed by atoms with Gasteiger partial charge in [-0.2, -0.15) is 0 Å². The van der Waals surface area contributed by atoms with Gasteiger partial charge in [-0.05, 0) is 73.4 Å². The van der Waals surface area contributed by atoms with Gasteiger partial charge < -0.3 is 14.8 Å². The van der Waals surface area contributed by atoms with Crippen LogP contribution < -0.4 is 20.1 Å². The summed E-state index contributed by atoms with van der Waals surface area (Å²) in [6.45, 7) is 7.75. The lowest BCUT2D eigenvalue weighted by molar-refractivity contribution is 0.0977. The van der Waals surface area contributed by atoms with Gasteiger partial charge in [-0.1, -0.05) is 33.3 Å². The molecule has 2 rings (SSSR count). The Labute approximate surface area is 178 Å². The lowest BCUT2D eigenvalue weighted by Gasteiger charge is -2.12. The summed E-state index contributed by atoms with van der Waals surface area (Å²) in [7, 11) is 0. The van der Waals surface area contributed by atoms with E-state index < -0.39 is 0 Å². The molecule has 2 aromatic carbocycles. The summed E-state index contributed by atoms with van der Waals surface area (Å²) >= 11 is 5.26. The van der Waals surface area contributed by atoms with E-state index in [0.717, 1.165) is 30.7 Å². The van der Waals surface area contributed by atoms with Crippen molar-refractivity contribution in [3.63, 3.8) is 0 Å². The largest absolute Gasteiger partial charge is 0.494 e. The molecule has 2 aromatic rings. The average Bonchev–Trinajstić information content (AvgIpc) is 2.69. The molecule has 0 saturated carbocycles. The van der Waals surface area contributed by atoms with Crippen molar-refractivity contribution in [1.29, 1.82) is 0 Å². The molecule has 0 atom stereocenters. The molecule has 1 amide bonds. The summed E-state index contributed by atoms with van der Waals surface area (Å²) in [6, 6.07) is 14.6. The minimum atomic E-state index is -0.281. The number of ether oxygens (including phenoxy) is 2. The van der Waals surface area contributed by atoms with Crippen molar-refractivity contribution in [3.8, 4) is 11.5 Å². The van der Waals surface area contributed by atoms with Crippen LogP contribution in [0, 0.1) is 5.92 Å². The van der Waals surface area contributed by atoms with Gasteiger partial charge in [-0.15, -0.1) is 0 Å². The molecular weight excluding hydrogens is 384 g/mol. The Hall–Kier alpha value is -2.60. The Kier molecular flexibility index (Phi) is 9.44. The highest BCUT2D eigenvalue weighted by Gasteiger charge is 2.09. The normalized spacial score (nSPS) is 10.5. The fraction of sp³-hybridized carbons (Fsp3) is 0.391. The first kappa shape index (κ1) is 22.7. The SMILES string of the molecule is CCCCOc1ccc(NC(=S)NC(=O)c2cccc(OCCC(C)C)c2)cc1. The molecule has 0 aliphatic heterocycles. The predicted octanol–water partition coefficient (Wildman–Crippen LogP) is 5.42. The van der Waals surface area contributed by atoms with Crippen molar-refractivity contribution >= 4 is 28.9 Å². The predicted molar refractivity (Wildman–Crippen MR) is 122 cm³/mol. The van der Waals surface area contributed by atoms with Crippen LogP contribution in [0.4, 0.5) is 5.69 Å². The van der Waals surface area contributed by atoms with Crippen molar-refractivity contribution in [3.05, 3.63) is 54.1 Å². The van der Waals surface area contributed by atoms with Gasteiger partial charge in [0.15, 0.2) is 5.11 Å². The first-order valence-corrected chi connectivity index (χ1v) is 10.5. The van der Waals surface area contributed by atoms with E-state index in [9.17, 15) is 4.79 Å². The first-order valence-electron chi connectivity index (χ1n) is 10.1. The zero-order valence-electron chi connectivity index (χ0n) is 17.4. The number of anilines is 1. The number of nitrogens with one attached hydrogen (secondary N) is 2. The Morgan fingerprint density at radius 3 is 2.45 bits per heavy atom. The molecule has 0 radical (unpaired) electrons. The topological polar surface area (TPSA) is 59.6 Å². The molecule has 29 heavy (non-hydrogen) atoms. The van der Waals surface area contributed by atoms with E-state index in [1.165, 1.54) is 0 Å². The molecule has 0 fully saturated rings. The van der Waals surface area contributed by atoms with Crippen LogP contribution in [0.5, 0.6) is 11.5 Å². The maximum absolute atomic E-state index is 12.5. The number of rotatable bonds is 10. The Morgan fingerprint density at radius 2 is 1.76 bits per heavy atom. The third-order valence-corrected chi connectivity index (χ3v) is 4.37. The second kappa shape index (κ2) is 12.1. The van der Waals surface area contributed by atoms with E-state index in [-0.39, 0.29) is 11.0 Å². The maximum atomic E-state index is 12.5. The highest BCUT2D eigenvalue weighted by molar-refractivity contribution is 7.80. The molecule has 0 unspecified atom stereocenters. The van der Waals surface area contributed by atoms with Gasteiger partial charge in [0.25, 0.3) is 5.91 Å². The smallest absolute Gasteiger partial charge is 0.257 e. The van der Waals surface area contributed by atoms with Crippen LogP contribution >= 0.6 is 12.2 Å².